The quantitative estimate of drug-likeness (QED) is 0.661. The van der Waals surface area contributed by atoms with Gasteiger partial charge in [0.1, 0.15) is 17.5 Å². The van der Waals surface area contributed by atoms with E-state index in [1.54, 1.807) is 12.1 Å². The van der Waals surface area contributed by atoms with Crippen LogP contribution in [-0.4, -0.2) is 15.5 Å². The average Bonchev–Trinajstić information content (AvgIpc) is 3.12. The van der Waals surface area contributed by atoms with Gasteiger partial charge < -0.3 is 9.88 Å². The molecule has 2 aromatic carbocycles. The largest absolute Gasteiger partial charge is 0.334 e. The summed E-state index contributed by atoms with van der Waals surface area (Å²) >= 11 is 0. The molecule has 2 heterocycles. The first-order valence-electron chi connectivity index (χ1n) is 9.20. The Bertz CT molecular complexity index is 995. The van der Waals surface area contributed by atoms with E-state index in [1.807, 2.05) is 12.1 Å². The highest BCUT2D eigenvalue weighted by molar-refractivity contribution is 6.02. The van der Waals surface area contributed by atoms with Crippen molar-refractivity contribution in [2.45, 2.75) is 25.8 Å². The number of nitrogens with one attached hydrogen (secondary N) is 1. The fraction of sp³-hybridized carbons (Fsp3) is 0.182. The smallest absolute Gasteiger partial charge is 0.248 e. The number of anilines is 1. The number of benzene rings is 2. The summed E-state index contributed by atoms with van der Waals surface area (Å²) in [5.41, 5.74) is 2.25. The Kier molecular flexibility index (Phi) is 5.02. The van der Waals surface area contributed by atoms with Gasteiger partial charge in [-0.05, 0) is 43.2 Å². The molecule has 0 radical (unpaired) electrons. The molecule has 0 fully saturated rings. The van der Waals surface area contributed by atoms with E-state index in [0.29, 0.717) is 5.69 Å². The topological polar surface area (TPSA) is 46.9 Å². The first-order valence-corrected chi connectivity index (χ1v) is 9.20. The van der Waals surface area contributed by atoms with E-state index >= 15 is 0 Å². The van der Waals surface area contributed by atoms with Crippen LogP contribution >= 0.6 is 0 Å². The molecule has 28 heavy (non-hydrogen) atoms. The van der Waals surface area contributed by atoms with E-state index in [0.717, 1.165) is 54.3 Å². The maximum atomic E-state index is 13.6. The molecule has 1 amide bonds. The predicted octanol–water partition coefficient (Wildman–Crippen LogP) is 4.82. The molecule has 4 nitrogen and oxygen atoms in total. The minimum atomic E-state index is -0.712. The molecule has 0 unspecified atom stereocenters. The SMILES string of the molecule is O=C(/C=C\c1c(F)cccc1F)Nc1ccc(-c2cn3c(n2)CCCC3)cc1. The third kappa shape index (κ3) is 3.86. The highest BCUT2D eigenvalue weighted by Gasteiger charge is 2.13. The zero-order chi connectivity index (χ0) is 19.5. The molecular formula is C22H19F2N3O. The minimum absolute atomic E-state index is 0.239. The van der Waals surface area contributed by atoms with Gasteiger partial charge in [-0.15, -0.1) is 0 Å². The van der Waals surface area contributed by atoms with Crippen LogP contribution in [0, 0.1) is 11.6 Å². The zero-order valence-corrected chi connectivity index (χ0v) is 15.2. The van der Waals surface area contributed by atoms with Crippen LogP contribution in [0.25, 0.3) is 17.3 Å². The van der Waals surface area contributed by atoms with Crippen molar-refractivity contribution >= 4 is 17.7 Å². The highest BCUT2D eigenvalue weighted by atomic mass is 19.1. The summed E-state index contributed by atoms with van der Waals surface area (Å²) in [4.78, 5) is 16.7. The van der Waals surface area contributed by atoms with Crippen LogP contribution in [0.1, 0.15) is 24.2 Å². The first kappa shape index (κ1) is 18.1. The number of rotatable bonds is 4. The van der Waals surface area contributed by atoms with Crippen molar-refractivity contribution < 1.29 is 13.6 Å². The van der Waals surface area contributed by atoms with E-state index in [1.165, 1.54) is 18.9 Å². The van der Waals surface area contributed by atoms with Crippen LogP contribution < -0.4 is 5.32 Å². The number of hydrogen-bond donors (Lipinski definition) is 1. The first-order chi connectivity index (χ1) is 13.6. The number of imidazole rings is 1. The molecule has 4 rings (SSSR count). The number of carbonyl (C=O) groups is 1. The van der Waals surface area contributed by atoms with Crippen LogP contribution in [0.15, 0.2) is 54.7 Å². The number of aryl methyl sites for hydroxylation is 2. The number of aromatic nitrogens is 2. The Morgan fingerprint density at radius 2 is 1.82 bits per heavy atom. The number of nitrogens with zero attached hydrogens (tertiary/aromatic N) is 2. The second kappa shape index (κ2) is 7.76. The summed E-state index contributed by atoms with van der Waals surface area (Å²) in [5, 5.41) is 2.68. The van der Waals surface area contributed by atoms with Gasteiger partial charge >= 0.3 is 0 Å². The van der Waals surface area contributed by atoms with Gasteiger partial charge in [0.25, 0.3) is 0 Å². The molecule has 0 saturated heterocycles. The predicted molar refractivity (Wildman–Crippen MR) is 105 cm³/mol. The zero-order valence-electron chi connectivity index (χ0n) is 15.2. The van der Waals surface area contributed by atoms with Crippen molar-refractivity contribution in [1.29, 1.82) is 0 Å². The molecule has 6 heteroatoms. The molecule has 0 saturated carbocycles. The Hall–Kier alpha value is -3.28. The molecule has 1 aliphatic heterocycles. The summed E-state index contributed by atoms with van der Waals surface area (Å²) in [6.45, 7) is 1.01. The third-order valence-corrected chi connectivity index (χ3v) is 4.76. The fourth-order valence-electron chi connectivity index (χ4n) is 3.29. The standard InChI is InChI=1S/C22H19F2N3O/c23-18-4-3-5-19(24)17(18)11-12-22(28)25-16-9-7-15(8-10-16)20-14-27-13-2-1-6-21(27)26-20/h3-5,7-12,14H,1-2,6,13H2,(H,25,28)/b12-11-. The van der Waals surface area contributed by atoms with Crippen LogP contribution in [-0.2, 0) is 17.8 Å². The number of carbonyl (C=O) groups excluding carboxylic acids is 1. The molecule has 1 aromatic heterocycles. The lowest BCUT2D eigenvalue weighted by molar-refractivity contribution is -0.111. The Morgan fingerprint density at radius 1 is 1.07 bits per heavy atom. The molecule has 1 N–H and O–H groups in total. The lowest BCUT2D eigenvalue weighted by Gasteiger charge is -2.11. The van der Waals surface area contributed by atoms with Gasteiger partial charge in [0, 0.05) is 42.1 Å². The van der Waals surface area contributed by atoms with Gasteiger partial charge in [0.2, 0.25) is 5.91 Å². The summed E-state index contributed by atoms with van der Waals surface area (Å²) in [6, 6.07) is 10.9. The van der Waals surface area contributed by atoms with Crippen LogP contribution in [0.2, 0.25) is 0 Å². The molecule has 0 aliphatic carbocycles. The molecule has 0 bridgehead atoms. The molecule has 1 aliphatic rings. The van der Waals surface area contributed by atoms with Crippen LogP contribution in [0.5, 0.6) is 0 Å². The van der Waals surface area contributed by atoms with Crippen LogP contribution in [0.4, 0.5) is 14.5 Å². The van der Waals surface area contributed by atoms with E-state index in [2.05, 4.69) is 21.1 Å². The van der Waals surface area contributed by atoms with Gasteiger partial charge in [-0.3, -0.25) is 4.79 Å². The molecule has 0 atom stereocenters. The molecular weight excluding hydrogens is 360 g/mol. The van der Waals surface area contributed by atoms with Gasteiger partial charge in [-0.2, -0.15) is 0 Å². The number of amides is 1. The van der Waals surface area contributed by atoms with Crippen molar-refractivity contribution in [2.75, 3.05) is 5.32 Å². The lowest BCUT2D eigenvalue weighted by Crippen LogP contribution is -2.08. The maximum Gasteiger partial charge on any atom is 0.248 e. The van der Waals surface area contributed by atoms with E-state index in [4.69, 9.17) is 0 Å². The number of halogens is 2. The van der Waals surface area contributed by atoms with Crippen molar-refractivity contribution in [3.8, 4) is 11.3 Å². The highest BCUT2D eigenvalue weighted by Crippen LogP contribution is 2.24. The summed E-state index contributed by atoms with van der Waals surface area (Å²) in [6.07, 6.45) is 7.66. The van der Waals surface area contributed by atoms with Crippen molar-refractivity contribution in [3.05, 3.63) is 77.8 Å². The molecule has 0 spiro atoms. The second-order valence-electron chi connectivity index (χ2n) is 6.73. The monoisotopic (exact) mass is 379 g/mol. The van der Waals surface area contributed by atoms with Crippen molar-refractivity contribution in [2.24, 2.45) is 0 Å². The number of hydrogen-bond acceptors (Lipinski definition) is 2. The van der Waals surface area contributed by atoms with E-state index < -0.39 is 17.5 Å². The fourth-order valence-corrected chi connectivity index (χ4v) is 3.29. The van der Waals surface area contributed by atoms with E-state index in [-0.39, 0.29) is 5.56 Å². The Labute approximate surface area is 161 Å². The number of fused-ring (bicyclic) bond motifs is 1. The van der Waals surface area contributed by atoms with Gasteiger partial charge in [0.15, 0.2) is 0 Å². The van der Waals surface area contributed by atoms with Crippen molar-refractivity contribution in [1.82, 2.24) is 9.55 Å². The van der Waals surface area contributed by atoms with Crippen LogP contribution in [0.3, 0.4) is 0 Å². The Morgan fingerprint density at radius 3 is 2.54 bits per heavy atom. The second-order valence-corrected chi connectivity index (χ2v) is 6.73. The maximum absolute atomic E-state index is 13.6. The normalized spacial score (nSPS) is 13.5. The molecule has 3 aromatic rings. The third-order valence-electron chi connectivity index (χ3n) is 4.76. The summed E-state index contributed by atoms with van der Waals surface area (Å²) in [5.74, 6) is -0.774. The summed E-state index contributed by atoms with van der Waals surface area (Å²) < 4.78 is 29.4. The lowest BCUT2D eigenvalue weighted by atomic mass is 10.1. The minimum Gasteiger partial charge on any atom is -0.334 e. The van der Waals surface area contributed by atoms with E-state index in [9.17, 15) is 13.6 Å². The van der Waals surface area contributed by atoms with Gasteiger partial charge in [-0.25, -0.2) is 13.8 Å². The van der Waals surface area contributed by atoms with Gasteiger partial charge in [-0.1, -0.05) is 18.2 Å². The summed E-state index contributed by atoms with van der Waals surface area (Å²) in [7, 11) is 0. The van der Waals surface area contributed by atoms with Gasteiger partial charge in [0.05, 0.1) is 5.69 Å². The van der Waals surface area contributed by atoms with Crippen molar-refractivity contribution in [3.63, 3.8) is 0 Å². The molecule has 142 valence electrons. The average molecular weight is 379 g/mol. The Balaban J connectivity index is 1.43.